The Hall–Kier alpha value is -2.67. The van der Waals surface area contributed by atoms with Gasteiger partial charge in [-0.15, -0.1) is 0 Å². The van der Waals surface area contributed by atoms with E-state index in [4.69, 9.17) is 4.98 Å². The molecule has 0 spiro atoms. The second kappa shape index (κ2) is 8.22. The molecule has 30 heavy (non-hydrogen) atoms. The van der Waals surface area contributed by atoms with E-state index in [9.17, 15) is 9.18 Å². The predicted octanol–water partition coefficient (Wildman–Crippen LogP) is 4.39. The first-order chi connectivity index (χ1) is 14.7. The van der Waals surface area contributed by atoms with Crippen LogP contribution in [0.15, 0.2) is 42.5 Å². The van der Waals surface area contributed by atoms with Crippen molar-refractivity contribution in [2.45, 2.75) is 19.3 Å². The van der Waals surface area contributed by atoms with Gasteiger partial charge in [0.25, 0.3) is 5.91 Å². The Morgan fingerprint density at radius 2 is 1.60 bits per heavy atom. The number of aromatic nitrogens is 1. The highest BCUT2D eigenvalue weighted by molar-refractivity contribution is 7.22. The topological polar surface area (TPSA) is 39.7 Å². The van der Waals surface area contributed by atoms with Gasteiger partial charge in [-0.2, -0.15) is 0 Å². The van der Waals surface area contributed by atoms with E-state index in [1.807, 2.05) is 23.1 Å². The van der Waals surface area contributed by atoms with Gasteiger partial charge in [0.05, 0.1) is 10.2 Å². The number of benzene rings is 2. The molecule has 2 aromatic carbocycles. The SMILES string of the molecule is O=C(c1ccc2nc(N3CCCCC3)sc2c1)N1CCN(c2ccc(F)cc2)CC1. The van der Waals surface area contributed by atoms with Gasteiger partial charge in [0.15, 0.2) is 5.13 Å². The standard InChI is InChI=1S/C23H25FN4OS/c24-18-5-7-19(8-6-18)26-12-14-27(15-13-26)22(29)17-4-9-20-21(16-17)30-23(25-20)28-10-2-1-3-11-28/h4-9,16H,1-3,10-15H2. The number of piperazine rings is 1. The van der Waals surface area contributed by atoms with E-state index < -0.39 is 0 Å². The highest BCUT2D eigenvalue weighted by Gasteiger charge is 2.23. The molecule has 3 aromatic rings. The van der Waals surface area contributed by atoms with Crippen LogP contribution in [0.1, 0.15) is 29.6 Å². The third kappa shape index (κ3) is 3.86. The third-order valence-electron chi connectivity index (χ3n) is 6.01. The lowest BCUT2D eigenvalue weighted by Crippen LogP contribution is -2.48. The maximum atomic E-state index is 13.2. The van der Waals surface area contributed by atoms with Crippen molar-refractivity contribution in [3.8, 4) is 0 Å². The van der Waals surface area contributed by atoms with Gasteiger partial charge in [0, 0.05) is 50.5 Å². The van der Waals surface area contributed by atoms with Crippen LogP contribution in [0.3, 0.4) is 0 Å². The number of nitrogens with zero attached hydrogens (tertiary/aromatic N) is 4. The summed E-state index contributed by atoms with van der Waals surface area (Å²) in [7, 11) is 0. The quantitative estimate of drug-likeness (QED) is 0.625. The van der Waals surface area contributed by atoms with Crippen LogP contribution in [-0.2, 0) is 0 Å². The Morgan fingerprint density at radius 3 is 2.33 bits per heavy atom. The number of piperidine rings is 1. The molecule has 0 atom stereocenters. The Bertz CT molecular complexity index is 1040. The Balaban J connectivity index is 1.27. The zero-order valence-electron chi connectivity index (χ0n) is 16.9. The van der Waals surface area contributed by atoms with E-state index in [0.717, 1.165) is 52.8 Å². The van der Waals surface area contributed by atoms with Crippen LogP contribution in [0, 0.1) is 5.82 Å². The molecule has 0 N–H and O–H groups in total. The van der Waals surface area contributed by atoms with Crippen LogP contribution >= 0.6 is 11.3 Å². The average Bonchev–Trinajstić information content (AvgIpc) is 3.23. The fourth-order valence-corrected chi connectivity index (χ4v) is 5.32. The van der Waals surface area contributed by atoms with Crippen LogP contribution in [0.25, 0.3) is 10.2 Å². The number of rotatable bonds is 3. The average molecular weight is 425 g/mol. The molecular formula is C23H25FN4OS. The molecule has 0 unspecified atom stereocenters. The number of thiazole rings is 1. The third-order valence-corrected chi connectivity index (χ3v) is 7.09. The predicted molar refractivity (Wildman–Crippen MR) is 120 cm³/mol. The minimum absolute atomic E-state index is 0.0728. The highest BCUT2D eigenvalue weighted by Crippen LogP contribution is 2.31. The van der Waals surface area contributed by atoms with Crippen LogP contribution in [-0.4, -0.2) is 55.1 Å². The molecule has 2 fully saturated rings. The molecule has 156 valence electrons. The van der Waals surface area contributed by atoms with E-state index in [0.29, 0.717) is 13.1 Å². The van der Waals surface area contributed by atoms with Gasteiger partial charge in [-0.1, -0.05) is 11.3 Å². The molecule has 0 aliphatic carbocycles. The molecular weight excluding hydrogens is 399 g/mol. The molecule has 3 heterocycles. The maximum Gasteiger partial charge on any atom is 0.254 e. The Kier molecular flexibility index (Phi) is 5.29. The summed E-state index contributed by atoms with van der Waals surface area (Å²) < 4.78 is 14.2. The summed E-state index contributed by atoms with van der Waals surface area (Å²) in [6.07, 6.45) is 3.75. The molecule has 7 heteroatoms. The summed E-state index contributed by atoms with van der Waals surface area (Å²) in [5.74, 6) is -0.155. The Morgan fingerprint density at radius 1 is 0.867 bits per heavy atom. The summed E-state index contributed by atoms with van der Waals surface area (Å²) in [6, 6.07) is 12.4. The molecule has 0 saturated carbocycles. The fourth-order valence-electron chi connectivity index (χ4n) is 4.27. The van der Waals surface area contributed by atoms with Gasteiger partial charge >= 0.3 is 0 Å². The highest BCUT2D eigenvalue weighted by atomic mass is 32.1. The number of carbonyl (C=O) groups is 1. The maximum absolute atomic E-state index is 13.2. The second-order valence-corrected chi connectivity index (χ2v) is 8.99. The smallest absolute Gasteiger partial charge is 0.254 e. The molecule has 2 aliphatic rings. The van der Waals surface area contributed by atoms with Crippen LogP contribution in [0.2, 0.25) is 0 Å². The Labute approximate surface area is 179 Å². The lowest BCUT2D eigenvalue weighted by molar-refractivity contribution is 0.0747. The number of anilines is 2. The number of halogens is 1. The molecule has 1 amide bonds. The van der Waals surface area contributed by atoms with Crippen molar-refractivity contribution in [2.24, 2.45) is 0 Å². The van der Waals surface area contributed by atoms with E-state index in [-0.39, 0.29) is 11.7 Å². The largest absolute Gasteiger partial charge is 0.368 e. The first-order valence-electron chi connectivity index (χ1n) is 10.6. The van der Waals surface area contributed by atoms with Gasteiger partial charge < -0.3 is 14.7 Å². The monoisotopic (exact) mass is 424 g/mol. The van der Waals surface area contributed by atoms with Crippen LogP contribution < -0.4 is 9.80 Å². The lowest BCUT2D eigenvalue weighted by atomic mass is 10.1. The van der Waals surface area contributed by atoms with Crippen LogP contribution in [0.5, 0.6) is 0 Å². The summed E-state index contributed by atoms with van der Waals surface area (Å²) >= 11 is 1.69. The number of fused-ring (bicyclic) bond motifs is 1. The van der Waals surface area contributed by atoms with Crippen molar-refractivity contribution in [1.29, 1.82) is 0 Å². The first kappa shape index (κ1) is 19.3. The lowest BCUT2D eigenvalue weighted by Gasteiger charge is -2.36. The van der Waals surface area contributed by atoms with Crippen molar-refractivity contribution >= 4 is 38.3 Å². The molecule has 1 aromatic heterocycles. The number of carbonyl (C=O) groups excluding carboxylic acids is 1. The summed E-state index contributed by atoms with van der Waals surface area (Å²) in [6.45, 7) is 4.97. The van der Waals surface area contributed by atoms with E-state index in [1.165, 1.54) is 31.4 Å². The van der Waals surface area contributed by atoms with Gasteiger partial charge in [-0.3, -0.25) is 4.79 Å². The van der Waals surface area contributed by atoms with Gasteiger partial charge in [0.1, 0.15) is 5.82 Å². The molecule has 5 rings (SSSR count). The van der Waals surface area contributed by atoms with Crippen molar-refractivity contribution in [1.82, 2.24) is 9.88 Å². The van der Waals surface area contributed by atoms with Gasteiger partial charge in [0.2, 0.25) is 0 Å². The zero-order chi connectivity index (χ0) is 20.5. The second-order valence-electron chi connectivity index (χ2n) is 7.98. The van der Waals surface area contributed by atoms with Crippen LogP contribution in [0.4, 0.5) is 15.2 Å². The van der Waals surface area contributed by atoms with Gasteiger partial charge in [-0.05, 0) is 61.7 Å². The normalized spacial score (nSPS) is 17.6. The summed E-state index contributed by atoms with van der Waals surface area (Å²) in [5, 5.41) is 1.07. The molecule has 2 saturated heterocycles. The molecule has 5 nitrogen and oxygen atoms in total. The van der Waals surface area contributed by atoms with Gasteiger partial charge in [-0.25, -0.2) is 9.37 Å². The molecule has 0 bridgehead atoms. The summed E-state index contributed by atoms with van der Waals surface area (Å²) in [5.41, 5.74) is 2.70. The minimum atomic E-state index is -0.227. The first-order valence-corrected chi connectivity index (χ1v) is 11.4. The number of hydrogen-bond donors (Lipinski definition) is 0. The fraction of sp³-hybridized carbons (Fsp3) is 0.391. The zero-order valence-corrected chi connectivity index (χ0v) is 17.7. The van der Waals surface area contributed by atoms with Crippen molar-refractivity contribution < 1.29 is 9.18 Å². The van der Waals surface area contributed by atoms with E-state index in [1.54, 1.807) is 23.5 Å². The van der Waals surface area contributed by atoms with E-state index in [2.05, 4.69) is 9.80 Å². The number of hydrogen-bond acceptors (Lipinski definition) is 5. The van der Waals surface area contributed by atoms with E-state index >= 15 is 0 Å². The van der Waals surface area contributed by atoms with Crippen molar-refractivity contribution in [3.05, 3.63) is 53.8 Å². The van der Waals surface area contributed by atoms with Crippen molar-refractivity contribution in [3.63, 3.8) is 0 Å². The minimum Gasteiger partial charge on any atom is -0.368 e. The molecule has 2 aliphatic heterocycles. The number of amides is 1. The molecule has 0 radical (unpaired) electrons. The summed E-state index contributed by atoms with van der Waals surface area (Å²) in [4.78, 5) is 24.3. The van der Waals surface area contributed by atoms with Crippen molar-refractivity contribution in [2.75, 3.05) is 49.1 Å².